The molecule has 12 nitrogen and oxygen atoms in total. The first kappa shape index (κ1) is 32.0. The molecule has 0 aliphatic carbocycles. The highest BCUT2D eigenvalue weighted by Crippen LogP contribution is 2.29. The summed E-state index contributed by atoms with van der Waals surface area (Å²) in [6.45, 7) is -0.942. The standard InChI is InChI=1S/C32H30O12/c1-37-31(35)22-8-7-21-14-30(26(32(36)38-2)12-24(21)10-22)42-18-28(34)27(33)17-41-29-13-20-6-5-19(15-43-39-3)9-23(20)11-25(29)16-44-40-4/h5-14H,15-18H2,1-4H3. The first-order valence-corrected chi connectivity index (χ1v) is 13.2. The largest absolute Gasteiger partial charge is 0.485 e. The Morgan fingerprint density at radius 3 is 1.82 bits per heavy atom. The van der Waals surface area contributed by atoms with Crippen LogP contribution in [0.15, 0.2) is 60.7 Å². The number of benzene rings is 4. The van der Waals surface area contributed by atoms with Gasteiger partial charge in [0.1, 0.15) is 30.3 Å². The molecule has 44 heavy (non-hydrogen) atoms. The monoisotopic (exact) mass is 606 g/mol. The minimum Gasteiger partial charge on any atom is -0.485 e. The molecule has 0 spiro atoms. The van der Waals surface area contributed by atoms with Gasteiger partial charge in [-0.3, -0.25) is 9.59 Å². The lowest BCUT2D eigenvalue weighted by Gasteiger charge is -2.14. The molecule has 0 unspecified atom stereocenters. The minimum atomic E-state index is -0.875. The van der Waals surface area contributed by atoms with Gasteiger partial charge in [0.05, 0.1) is 34.0 Å². The number of ketones is 2. The zero-order valence-corrected chi connectivity index (χ0v) is 24.5. The highest BCUT2D eigenvalue weighted by molar-refractivity contribution is 6.38. The Morgan fingerprint density at radius 2 is 1.16 bits per heavy atom. The number of carbonyl (C=O) groups is 4. The van der Waals surface area contributed by atoms with Crippen LogP contribution in [0.3, 0.4) is 0 Å². The van der Waals surface area contributed by atoms with E-state index in [9.17, 15) is 19.2 Å². The summed E-state index contributed by atoms with van der Waals surface area (Å²) >= 11 is 0. The molecule has 0 bridgehead atoms. The molecule has 4 aromatic rings. The van der Waals surface area contributed by atoms with Crippen molar-refractivity contribution in [2.45, 2.75) is 13.2 Å². The van der Waals surface area contributed by atoms with Crippen molar-refractivity contribution in [1.82, 2.24) is 0 Å². The van der Waals surface area contributed by atoms with E-state index in [0.29, 0.717) is 22.1 Å². The number of hydrogen-bond acceptors (Lipinski definition) is 12. The summed E-state index contributed by atoms with van der Waals surface area (Å²) in [4.78, 5) is 69.3. The Hall–Kier alpha value is -4.88. The molecule has 0 radical (unpaired) electrons. The van der Waals surface area contributed by atoms with Crippen LogP contribution in [0, 0.1) is 0 Å². The van der Waals surface area contributed by atoms with Gasteiger partial charge >= 0.3 is 11.9 Å². The van der Waals surface area contributed by atoms with E-state index < -0.39 is 36.7 Å². The molecule has 0 saturated carbocycles. The molecule has 4 aromatic carbocycles. The molecular weight excluding hydrogens is 576 g/mol. The average molecular weight is 607 g/mol. The summed E-state index contributed by atoms with van der Waals surface area (Å²) in [6.07, 6.45) is 0. The van der Waals surface area contributed by atoms with Crippen LogP contribution in [0.2, 0.25) is 0 Å². The maximum atomic E-state index is 12.7. The third-order valence-corrected chi connectivity index (χ3v) is 6.55. The fourth-order valence-corrected chi connectivity index (χ4v) is 4.32. The SMILES string of the molecule is COOCc1ccc2cc(OCC(=O)C(=O)COc3cc4ccc(C(=O)OC)cc4cc3C(=O)OC)c(COOC)cc2c1. The molecule has 0 aromatic heterocycles. The molecule has 230 valence electrons. The molecule has 12 heteroatoms. The summed E-state index contributed by atoms with van der Waals surface area (Å²) in [7, 11) is 5.25. The zero-order chi connectivity index (χ0) is 31.6. The van der Waals surface area contributed by atoms with Gasteiger partial charge in [-0.1, -0.05) is 18.2 Å². The Balaban J connectivity index is 1.47. The molecular formula is C32H30O12. The van der Waals surface area contributed by atoms with Crippen molar-refractivity contribution in [3.05, 3.63) is 82.9 Å². The Bertz CT molecular complexity index is 1690. The number of fused-ring (bicyclic) bond motifs is 2. The van der Waals surface area contributed by atoms with Crippen LogP contribution in [-0.4, -0.2) is 65.2 Å². The second-order valence-electron chi connectivity index (χ2n) is 9.32. The smallest absolute Gasteiger partial charge is 0.341 e. The summed E-state index contributed by atoms with van der Waals surface area (Å²) < 4.78 is 20.9. The van der Waals surface area contributed by atoms with Gasteiger partial charge in [-0.2, -0.15) is 0 Å². The second kappa shape index (κ2) is 15.0. The van der Waals surface area contributed by atoms with Crippen molar-refractivity contribution in [3.8, 4) is 11.5 Å². The van der Waals surface area contributed by atoms with E-state index in [0.717, 1.165) is 16.3 Å². The maximum Gasteiger partial charge on any atom is 0.341 e. The second-order valence-corrected chi connectivity index (χ2v) is 9.32. The normalized spacial score (nSPS) is 10.9. The predicted molar refractivity (Wildman–Crippen MR) is 155 cm³/mol. The topological polar surface area (TPSA) is 142 Å². The fourth-order valence-electron chi connectivity index (χ4n) is 4.32. The number of methoxy groups -OCH3 is 2. The number of ether oxygens (including phenoxy) is 4. The van der Waals surface area contributed by atoms with Crippen molar-refractivity contribution in [1.29, 1.82) is 0 Å². The Labute approximate surface area is 252 Å². The van der Waals surface area contributed by atoms with Gasteiger partial charge in [0, 0.05) is 5.56 Å². The third-order valence-electron chi connectivity index (χ3n) is 6.55. The Kier molecular flexibility index (Phi) is 10.9. The molecule has 0 aliphatic rings. The van der Waals surface area contributed by atoms with Crippen molar-refractivity contribution < 1.29 is 57.7 Å². The van der Waals surface area contributed by atoms with E-state index >= 15 is 0 Å². The van der Waals surface area contributed by atoms with Gasteiger partial charge in [0.15, 0.2) is 13.2 Å². The maximum absolute atomic E-state index is 12.7. The van der Waals surface area contributed by atoms with Gasteiger partial charge in [-0.25, -0.2) is 29.1 Å². The molecule has 0 saturated heterocycles. The van der Waals surface area contributed by atoms with Crippen molar-refractivity contribution in [2.75, 3.05) is 41.7 Å². The summed E-state index contributed by atoms with van der Waals surface area (Å²) in [6, 6.07) is 16.9. The van der Waals surface area contributed by atoms with Crippen LogP contribution >= 0.6 is 0 Å². The fraction of sp³-hybridized carbons (Fsp3) is 0.250. The number of carbonyl (C=O) groups excluding carboxylic acids is 4. The van der Waals surface area contributed by atoms with E-state index in [-0.39, 0.29) is 30.1 Å². The molecule has 4 rings (SSSR count). The first-order valence-electron chi connectivity index (χ1n) is 13.2. The van der Waals surface area contributed by atoms with Crippen LogP contribution in [0.5, 0.6) is 11.5 Å². The predicted octanol–water partition coefficient (Wildman–Crippen LogP) is 4.32. The van der Waals surface area contributed by atoms with Crippen LogP contribution < -0.4 is 9.47 Å². The number of Topliss-reactive ketones (excluding diaryl/α,β-unsaturated/α-hetero) is 2. The van der Waals surface area contributed by atoms with Crippen LogP contribution in [0.25, 0.3) is 21.5 Å². The van der Waals surface area contributed by atoms with Crippen LogP contribution in [0.4, 0.5) is 0 Å². The Morgan fingerprint density at radius 1 is 0.568 bits per heavy atom. The van der Waals surface area contributed by atoms with Crippen molar-refractivity contribution in [2.24, 2.45) is 0 Å². The summed E-state index contributed by atoms with van der Waals surface area (Å²) in [5, 5.41) is 2.83. The minimum absolute atomic E-state index is 0.00871. The van der Waals surface area contributed by atoms with E-state index in [1.54, 1.807) is 24.3 Å². The molecule has 0 heterocycles. The number of rotatable bonds is 15. The molecule has 0 aliphatic heterocycles. The highest BCUT2D eigenvalue weighted by atomic mass is 17.2. The first-order chi connectivity index (χ1) is 21.3. The van der Waals surface area contributed by atoms with Crippen LogP contribution in [0.1, 0.15) is 31.8 Å². The highest BCUT2D eigenvalue weighted by Gasteiger charge is 2.21. The molecule has 0 N–H and O–H groups in total. The quantitative estimate of drug-likeness (QED) is 0.0823. The van der Waals surface area contributed by atoms with Gasteiger partial charge in [-0.05, 0) is 69.6 Å². The van der Waals surface area contributed by atoms with Crippen molar-refractivity contribution >= 4 is 45.0 Å². The van der Waals surface area contributed by atoms with E-state index in [2.05, 4.69) is 4.89 Å². The van der Waals surface area contributed by atoms with Gasteiger partial charge in [0.25, 0.3) is 0 Å². The van der Waals surface area contributed by atoms with Crippen LogP contribution in [-0.2, 0) is 51.8 Å². The zero-order valence-electron chi connectivity index (χ0n) is 24.5. The molecule has 0 atom stereocenters. The van der Waals surface area contributed by atoms with Gasteiger partial charge in [0.2, 0.25) is 11.6 Å². The number of hydrogen-bond donors (Lipinski definition) is 0. The van der Waals surface area contributed by atoms with Gasteiger partial charge < -0.3 is 18.9 Å². The summed E-state index contributed by atoms with van der Waals surface area (Å²) in [5.41, 5.74) is 1.75. The van der Waals surface area contributed by atoms with Gasteiger partial charge in [-0.15, -0.1) is 0 Å². The average Bonchev–Trinajstić information content (AvgIpc) is 3.05. The summed E-state index contributed by atoms with van der Waals surface area (Å²) in [5.74, 6) is -2.64. The third kappa shape index (κ3) is 7.74. The number of esters is 2. The molecule has 0 amide bonds. The lowest BCUT2D eigenvalue weighted by molar-refractivity contribution is -0.282. The van der Waals surface area contributed by atoms with Crippen molar-refractivity contribution in [3.63, 3.8) is 0 Å². The van der Waals surface area contributed by atoms with E-state index in [1.807, 2.05) is 24.3 Å². The lowest BCUT2D eigenvalue weighted by atomic mass is 10.0. The van der Waals surface area contributed by atoms with E-state index in [4.69, 9.17) is 33.6 Å². The lowest BCUT2D eigenvalue weighted by Crippen LogP contribution is -2.27. The van der Waals surface area contributed by atoms with E-state index in [1.165, 1.54) is 40.6 Å². The molecule has 0 fully saturated rings.